The minimum Gasteiger partial charge on any atom is -0.396 e. The average molecular weight is 491 g/mol. The van der Waals surface area contributed by atoms with Crippen molar-refractivity contribution in [2.24, 2.45) is 5.92 Å². The highest BCUT2D eigenvalue weighted by atomic mass is 35.5. The first-order valence-corrected chi connectivity index (χ1v) is 11.8. The Balaban J connectivity index is 1.68. The Morgan fingerprint density at radius 3 is 2.51 bits per heavy atom. The lowest BCUT2D eigenvalue weighted by Crippen LogP contribution is -2.44. The number of halogens is 1. The van der Waals surface area contributed by atoms with Crippen LogP contribution in [-0.2, 0) is 21.7 Å². The zero-order valence-corrected chi connectivity index (χ0v) is 20.1. The van der Waals surface area contributed by atoms with Gasteiger partial charge in [0.15, 0.2) is 5.60 Å². The Labute approximate surface area is 209 Å². The zero-order chi connectivity index (χ0) is 25.0. The number of anilines is 3. The normalized spacial score (nSPS) is 18.1. The summed E-state index contributed by atoms with van der Waals surface area (Å²) in [6.45, 7) is 1.96. The molecule has 1 aliphatic heterocycles. The number of aliphatic hydroxyl groups excluding tert-OH is 1. The second-order valence-electron chi connectivity index (χ2n) is 8.53. The molecule has 3 aromatic carbocycles. The zero-order valence-electron chi connectivity index (χ0n) is 19.3. The smallest absolute Gasteiger partial charge is 0.264 e. The standard InChI is InChI=1S/C28H27ClN2O4/c1-20(8-5-6-15-32)28(35)25-17-22(29)13-14-26(25)30(27(28)34)18-21-9-7-12-24(16-21)31(19-33)23-10-3-2-4-11-23/h2-5,7-14,16-17,19-20,32,35H,6,15,18H2,1H3/b8-5+/t20-,28+/m1/s1. The molecular formula is C28H27ClN2O4. The molecule has 1 aliphatic rings. The molecule has 0 saturated heterocycles. The molecule has 6 nitrogen and oxygen atoms in total. The molecule has 180 valence electrons. The number of hydrogen-bond acceptors (Lipinski definition) is 4. The maximum atomic E-state index is 13.7. The van der Waals surface area contributed by atoms with E-state index in [-0.39, 0.29) is 13.2 Å². The SMILES string of the molecule is C[C@H](/C=C/CCO)[C@@]1(O)C(=O)N(Cc2cccc(N(C=O)c3ccccc3)c2)c2ccc(Cl)cc21. The number of hydrogen-bond donors (Lipinski definition) is 2. The molecule has 4 rings (SSSR count). The van der Waals surface area contributed by atoms with Gasteiger partial charge in [0, 0.05) is 34.5 Å². The molecule has 2 N–H and O–H groups in total. The number of nitrogens with zero attached hydrogens (tertiary/aromatic N) is 2. The van der Waals surface area contributed by atoms with Gasteiger partial charge in [0.05, 0.1) is 12.2 Å². The first-order chi connectivity index (χ1) is 16.9. The van der Waals surface area contributed by atoms with Gasteiger partial charge in [-0.1, -0.05) is 61.0 Å². The summed E-state index contributed by atoms with van der Waals surface area (Å²) in [5, 5.41) is 21.2. The summed E-state index contributed by atoms with van der Waals surface area (Å²) in [5.74, 6) is -0.990. The summed E-state index contributed by atoms with van der Waals surface area (Å²) in [6.07, 6.45) is 4.68. The molecular weight excluding hydrogens is 464 g/mol. The van der Waals surface area contributed by atoms with Crippen molar-refractivity contribution in [1.29, 1.82) is 0 Å². The van der Waals surface area contributed by atoms with Crippen LogP contribution in [0.15, 0.2) is 84.9 Å². The van der Waals surface area contributed by atoms with Gasteiger partial charge in [-0.05, 0) is 54.4 Å². The minimum atomic E-state index is -1.79. The van der Waals surface area contributed by atoms with Crippen LogP contribution in [0.2, 0.25) is 5.02 Å². The molecule has 0 aliphatic carbocycles. The van der Waals surface area contributed by atoms with Gasteiger partial charge < -0.3 is 15.1 Å². The molecule has 2 amide bonds. The Morgan fingerprint density at radius 1 is 1.06 bits per heavy atom. The van der Waals surface area contributed by atoms with Crippen molar-refractivity contribution in [3.63, 3.8) is 0 Å². The molecule has 0 bridgehead atoms. The molecule has 3 aromatic rings. The minimum absolute atomic E-state index is 0.0126. The summed E-state index contributed by atoms with van der Waals surface area (Å²) in [5.41, 5.74) is 1.45. The number of para-hydroxylation sites is 1. The van der Waals surface area contributed by atoms with Crippen molar-refractivity contribution < 1.29 is 19.8 Å². The van der Waals surface area contributed by atoms with E-state index in [1.807, 2.05) is 54.6 Å². The number of aliphatic hydroxyl groups is 2. The highest BCUT2D eigenvalue weighted by molar-refractivity contribution is 6.31. The van der Waals surface area contributed by atoms with Crippen LogP contribution in [0.5, 0.6) is 0 Å². The average Bonchev–Trinajstić information content (AvgIpc) is 3.08. The van der Waals surface area contributed by atoms with Crippen LogP contribution in [0, 0.1) is 5.92 Å². The number of benzene rings is 3. The predicted molar refractivity (Wildman–Crippen MR) is 138 cm³/mol. The number of carbonyl (C=O) groups is 2. The molecule has 0 saturated carbocycles. The summed E-state index contributed by atoms with van der Waals surface area (Å²) >= 11 is 6.24. The fraction of sp³-hybridized carbons (Fsp3) is 0.214. The second kappa shape index (κ2) is 10.4. The van der Waals surface area contributed by atoms with E-state index in [0.29, 0.717) is 28.4 Å². The van der Waals surface area contributed by atoms with Gasteiger partial charge in [-0.25, -0.2) is 0 Å². The Morgan fingerprint density at radius 2 is 1.80 bits per heavy atom. The quantitative estimate of drug-likeness (QED) is 0.329. The van der Waals surface area contributed by atoms with Crippen LogP contribution in [0.4, 0.5) is 17.1 Å². The van der Waals surface area contributed by atoms with Crippen molar-refractivity contribution in [3.05, 3.63) is 101 Å². The number of rotatable bonds is 9. The predicted octanol–water partition coefficient (Wildman–Crippen LogP) is 4.94. The molecule has 0 aromatic heterocycles. The van der Waals surface area contributed by atoms with E-state index in [1.54, 1.807) is 42.2 Å². The maximum Gasteiger partial charge on any atom is 0.264 e. The highest BCUT2D eigenvalue weighted by Gasteiger charge is 2.52. The molecule has 0 radical (unpaired) electrons. The molecule has 0 fully saturated rings. The van der Waals surface area contributed by atoms with Gasteiger partial charge in [-0.15, -0.1) is 0 Å². The lowest BCUT2D eigenvalue weighted by Gasteiger charge is -2.28. The topological polar surface area (TPSA) is 81.1 Å². The first kappa shape index (κ1) is 24.7. The Kier molecular flexibility index (Phi) is 7.36. The molecule has 0 unspecified atom stereocenters. The number of amides is 2. The summed E-state index contributed by atoms with van der Waals surface area (Å²) in [7, 11) is 0. The summed E-state index contributed by atoms with van der Waals surface area (Å²) < 4.78 is 0. The fourth-order valence-electron chi connectivity index (χ4n) is 4.44. The summed E-state index contributed by atoms with van der Waals surface area (Å²) in [4.78, 5) is 28.6. The third kappa shape index (κ3) is 4.73. The van der Waals surface area contributed by atoms with Crippen molar-refractivity contribution in [2.75, 3.05) is 16.4 Å². The van der Waals surface area contributed by atoms with E-state index in [2.05, 4.69) is 0 Å². The van der Waals surface area contributed by atoms with Crippen LogP contribution < -0.4 is 9.80 Å². The Bertz CT molecular complexity index is 1250. The fourth-order valence-corrected chi connectivity index (χ4v) is 4.61. The number of fused-ring (bicyclic) bond motifs is 1. The van der Waals surface area contributed by atoms with Gasteiger partial charge in [0.1, 0.15) is 0 Å². The highest BCUT2D eigenvalue weighted by Crippen LogP contribution is 2.46. The lowest BCUT2D eigenvalue weighted by molar-refractivity contribution is -0.139. The Hall–Kier alpha value is -3.45. The molecule has 0 spiro atoms. The van der Waals surface area contributed by atoms with E-state index >= 15 is 0 Å². The van der Waals surface area contributed by atoms with Crippen molar-refractivity contribution in [2.45, 2.75) is 25.5 Å². The van der Waals surface area contributed by atoms with Gasteiger partial charge in [0.25, 0.3) is 5.91 Å². The van der Waals surface area contributed by atoms with Gasteiger partial charge in [-0.2, -0.15) is 0 Å². The van der Waals surface area contributed by atoms with Gasteiger partial charge in [0.2, 0.25) is 6.41 Å². The van der Waals surface area contributed by atoms with E-state index < -0.39 is 17.4 Å². The van der Waals surface area contributed by atoms with E-state index in [0.717, 1.165) is 17.7 Å². The van der Waals surface area contributed by atoms with Crippen LogP contribution in [0.1, 0.15) is 24.5 Å². The van der Waals surface area contributed by atoms with Gasteiger partial charge >= 0.3 is 0 Å². The van der Waals surface area contributed by atoms with Crippen molar-refractivity contribution in [1.82, 2.24) is 0 Å². The first-order valence-electron chi connectivity index (χ1n) is 11.4. The van der Waals surface area contributed by atoms with Crippen LogP contribution >= 0.6 is 11.6 Å². The van der Waals surface area contributed by atoms with E-state index in [4.69, 9.17) is 16.7 Å². The molecule has 2 atom stereocenters. The van der Waals surface area contributed by atoms with Crippen LogP contribution in [0.25, 0.3) is 0 Å². The molecule has 7 heteroatoms. The molecule has 35 heavy (non-hydrogen) atoms. The maximum absolute atomic E-state index is 13.7. The third-order valence-corrected chi connectivity index (χ3v) is 6.52. The van der Waals surface area contributed by atoms with Crippen molar-refractivity contribution in [3.8, 4) is 0 Å². The van der Waals surface area contributed by atoms with Crippen LogP contribution in [0.3, 0.4) is 0 Å². The van der Waals surface area contributed by atoms with Crippen molar-refractivity contribution >= 4 is 41.0 Å². The second-order valence-corrected chi connectivity index (χ2v) is 8.97. The molecule has 1 heterocycles. The monoisotopic (exact) mass is 490 g/mol. The van der Waals surface area contributed by atoms with Gasteiger partial charge in [-0.3, -0.25) is 14.5 Å². The summed E-state index contributed by atoms with van der Waals surface area (Å²) in [6, 6.07) is 21.7. The van der Waals surface area contributed by atoms with Crippen LogP contribution in [-0.4, -0.2) is 29.1 Å². The lowest BCUT2D eigenvalue weighted by atomic mass is 9.83. The van der Waals surface area contributed by atoms with E-state index in [1.165, 1.54) is 4.90 Å². The largest absolute Gasteiger partial charge is 0.396 e. The van der Waals surface area contributed by atoms with E-state index in [9.17, 15) is 14.7 Å². The third-order valence-electron chi connectivity index (χ3n) is 6.28. The number of carbonyl (C=O) groups excluding carboxylic acids is 2.